The van der Waals surface area contributed by atoms with Crippen molar-refractivity contribution in [3.63, 3.8) is 0 Å². The molecule has 0 saturated carbocycles. The van der Waals surface area contributed by atoms with E-state index in [0.29, 0.717) is 76.0 Å². The highest BCUT2D eigenvalue weighted by molar-refractivity contribution is 5.94. The average Bonchev–Trinajstić information content (AvgIpc) is 2.94. The van der Waals surface area contributed by atoms with Crippen LogP contribution in [0.2, 0.25) is 0 Å². The Kier molecular flexibility index (Phi) is 12.5. The molecule has 0 radical (unpaired) electrons. The fourth-order valence-electron chi connectivity index (χ4n) is 3.21. The van der Waals surface area contributed by atoms with Gasteiger partial charge in [0, 0.05) is 37.0 Å². The summed E-state index contributed by atoms with van der Waals surface area (Å²) in [7, 11) is 1.62. The van der Waals surface area contributed by atoms with Gasteiger partial charge in [0.15, 0.2) is 0 Å². The van der Waals surface area contributed by atoms with Gasteiger partial charge < -0.3 is 41.2 Å². The summed E-state index contributed by atoms with van der Waals surface area (Å²) in [6.45, 7) is 3.86. The maximum absolute atomic E-state index is 12.0. The minimum atomic E-state index is -0.116. The zero-order valence-corrected chi connectivity index (χ0v) is 21.6. The smallest absolute Gasteiger partial charge is 0.251 e. The van der Waals surface area contributed by atoms with Crippen LogP contribution in [0.4, 0.5) is 23.5 Å². The largest absolute Gasteiger partial charge is 0.497 e. The molecule has 3 aromatic rings. The van der Waals surface area contributed by atoms with Crippen molar-refractivity contribution < 1.29 is 19.0 Å². The van der Waals surface area contributed by atoms with E-state index in [1.165, 1.54) is 0 Å². The minimum Gasteiger partial charge on any atom is -0.497 e. The number of hydrogen-bond acceptors (Lipinski definition) is 11. The Morgan fingerprint density at radius 3 is 2.21 bits per heavy atom. The van der Waals surface area contributed by atoms with Crippen LogP contribution in [0.25, 0.3) is 0 Å². The number of nitrogens with one attached hydrogen (secondary N) is 4. The lowest BCUT2D eigenvalue weighted by Gasteiger charge is -2.12. The van der Waals surface area contributed by atoms with Gasteiger partial charge in [-0.25, -0.2) is 0 Å². The molecule has 204 valence electrons. The Morgan fingerprint density at radius 1 is 0.816 bits per heavy atom. The summed E-state index contributed by atoms with van der Waals surface area (Å²) in [5.41, 5.74) is 7.00. The first kappa shape index (κ1) is 28.6. The summed E-state index contributed by atoms with van der Waals surface area (Å²) >= 11 is 0. The lowest BCUT2D eigenvalue weighted by atomic mass is 10.2. The van der Waals surface area contributed by atoms with Crippen molar-refractivity contribution in [3.05, 3.63) is 60.2 Å². The van der Waals surface area contributed by atoms with Gasteiger partial charge in [0.25, 0.3) is 5.91 Å². The van der Waals surface area contributed by atoms with Crippen molar-refractivity contribution >= 4 is 29.4 Å². The summed E-state index contributed by atoms with van der Waals surface area (Å²) in [6, 6.07) is 16.6. The van der Waals surface area contributed by atoms with Crippen LogP contribution in [0.15, 0.2) is 54.6 Å². The van der Waals surface area contributed by atoms with Gasteiger partial charge in [-0.3, -0.25) is 4.79 Å². The maximum Gasteiger partial charge on any atom is 0.251 e. The number of carbonyl (C=O) groups is 1. The molecule has 3 rings (SSSR count). The van der Waals surface area contributed by atoms with E-state index in [9.17, 15) is 4.79 Å². The molecule has 12 nitrogen and oxygen atoms in total. The first-order chi connectivity index (χ1) is 18.7. The second-order valence-electron chi connectivity index (χ2n) is 8.01. The molecule has 0 fully saturated rings. The van der Waals surface area contributed by atoms with Crippen LogP contribution in [0, 0.1) is 0 Å². The molecule has 0 atom stereocenters. The van der Waals surface area contributed by atoms with Gasteiger partial charge in [0.05, 0.1) is 33.5 Å². The van der Waals surface area contributed by atoms with Crippen molar-refractivity contribution in [1.82, 2.24) is 20.3 Å². The highest BCUT2D eigenvalue weighted by atomic mass is 16.5. The van der Waals surface area contributed by atoms with Crippen LogP contribution >= 0.6 is 0 Å². The standard InChI is InChI=1S/C26H36N8O4/c1-36-22-10-5-9-21(19-22)31-26-33-24(29-12-6-11-27)32-25(34-26)30-14-16-38-18-17-37-15-13-28-23(35)20-7-3-2-4-8-20/h2-5,7-10,19H,6,11-18,27H2,1H3,(H,28,35)(H3,29,30,31,32,33,34). The van der Waals surface area contributed by atoms with Crippen molar-refractivity contribution in [1.29, 1.82) is 0 Å². The maximum atomic E-state index is 12.0. The van der Waals surface area contributed by atoms with Crippen molar-refractivity contribution in [3.8, 4) is 5.75 Å². The first-order valence-electron chi connectivity index (χ1n) is 12.5. The second kappa shape index (κ2) is 16.7. The molecule has 12 heteroatoms. The zero-order chi connectivity index (χ0) is 26.8. The molecule has 0 unspecified atom stereocenters. The second-order valence-corrected chi connectivity index (χ2v) is 8.01. The number of nitrogens with zero attached hydrogens (tertiary/aromatic N) is 3. The van der Waals surface area contributed by atoms with Gasteiger partial charge in [-0.05, 0) is 37.2 Å². The predicted octanol–water partition coefficient (Wildman–Crippen LogP) is 2.26. The predicted molar refractivity (Wildman–Crippen MR) is 147 cm³/mol. The molecule has 38 heavy (non-hydrogen) atoms. The molecule has 0 aliphatic rings. The Hall–Kier alpha value is -4.00. The molecule has 0 saturated heterocycles. The van der Waals surface area contributed by atoms with E-state index >= 15 is 0 Å². The Balaban J connectivity index is 1.36. The zero-order valence-electron chi connectivity index (χ0n) is 21.6. The van der Waals surface area contributed by atoms with E-state index in [2.05, 4.69) is 36.2 Å². The van der Waals surface area contributed by atoms with Gasteiger partial charge in [-0.1, -0.05) is 24.3 Å². The molecule has 0 spiro atoms. The Morgan fingerprint density at radius 2 is 1.50 bits per heavy atom. The Labute approximate surface area is 222 Å². The number of benzene rings is 2. The number of rotatable bonds is 18. The molecule has 1 amide bonds. The summed E-state index contributed by atoms with van der Waals surface area (Å²) in [5, 5.41) is 12.3. The number of aromatic nitrogens is 3. The number of carbonyl (C=O) groups excluding carboxylic acids is 1. The van der Waals surface area contributed by atoms with Crippen LogP contribution in [-0.2, 0) is 9.47 Å². The average molecular weight is 525 g/mol. The lowest BCUT2D eigenvalue weighted by Crippen LogP contribution is -2.27. The number of methoxy groups -OCH3 is 1. The van der Waals surface area contributed by atoms with E-state index in [-0.39, 0.29) is 5.91 Å². The van der Waals surface area contributed by atoms with E-state index in [0.717, 1.165) is 17.9 Å². The third-order valence-electron chi connectivity index (χ3n) is 5.09. The quantitative estimate of drug-likeness (QED) is 0.155. The molecule has 1 aromatic heterocycles. The number of amides is 1. The summed E-state index contributed by atoms with van der Waals surface area (Å²) < 4.78 is 16.4. The van der Waals surface area contributed by atoms with Crippen LogP contribution in [-0.4, -0.2) is 80.6 Å². The van der Waals surface area contributed by atoms with Crippen LogP contribution < -0.4 is 31.7 Å². The number of hydrogen-bond donors (Lipinski definition) is 5. The van der Waals surface area contributed by atoms with E-state index < -0.39 is 0 Å². The lowest BCUT2D eigenvalue weighted by molar-refractivity contribution is 0.0519. The number of ether oxygens (including phenoxy) is 3. The molecule has 1 heterocycles. The molecule has 0 aliphatic heterocycles. The summed E-state index contributed by atoms with van der Waals surface area (Å²) in [5.74, 6) is 1.85. The highest BCUT2D eigenvalue weighted by Crippen LogP contribution is 2.20. The molecule has 0 aliphatic carbocycles. The molecule has 2 aromatic carbocycles. The van der Waals surface area contributed by atoms with E-state index in [4.69, 9.17) is 19.9 Å². The van der Waals surface area contributed by atoms with Gasteiger partial charge in [0.2, 0.25) is 17.8 Å². The van der Waals surface area contributed by atoms with Crippen molar-refractivity contribution in [2.24, 2.45) is 5.73 Å². The van der Waals surface area contributed by atoms with Gasteiger partial charge in [0.1, 0.15) is 5.75 Å². The molecular formula is C26H36N8O4. The minimum absolute atomic E-state index is 0.116. The third-order valence-corrected chi connectivity index (χ3v) is 5.09. The monoisotopic (exact) mass is 524 g/mol. The van der Waals surface area contributed by atoms with Crippen LogP contribution in [0.1, 0.15) is 16.8 Å². The SMILES string of the molecule is COc1cccc(Nc2nc(NCCCN)nc(NCCOCCOCCNC(=O)c3ccccc3)n2)c1. The van der Waals surface area contributed by atoms with Gasteiger partial charge >= 0.3 is 0 Å². The summed E-state index contributed by atoms with van der Waals surface area (Å²) in [4.78, 5) is 25.3. The number of anilines is 4. The normalized spacial score (nSPS) is 10.6. The van der Waals surface area contributed by atoms with Crippen molar-refractivity contribution in [2.75, 3.05) is 75.7 Å². The highest BCUT2D eigenvalue weighted by Gasteiger charge is 2.08. The van der Waals surface area contributed by atoms with E-state index in [1.807, 2.05) is 42.5 Å². The first-order valence-corrected chi connectivity index (χ1v) is 12.5. The fraction of sp³-hybridized carbons (Fsp3) is 0.385. The molecule has 0 bridgehead atoms. The fourth-order valence-corrected chi connectivity index (χ4v) is 3.21. The Bertz CT molecular complexity index is 1100. The molecule has 6 N–H and O–H groups in total. The van der Waals surface area contributed by atoms with Crippen LogP contribution in [0.3, 0.4) is 0 Å². The summed E-state index contributed by atoms with van der Waals surface area (Å²) in [6.07, 6.45) is 0.794. The third kappa shape index (κ3) is 10.5. The topological polar surface area (TPSA) is 158 Å². The van der Waals surface area contributed by atoms with Gasteiger partial charge in [-0.2, -0.15) is 15.0 Å². The van der Waals surface area contributed by atoms with E-state index in [1.54, 1.807) is 19.2 Å². The molecular weight excluding hydrogens is 488 g/mol. The van der Waals surface area contributed by atoms with Crippen LogP contribution in [0.5, 0.6) is 5.75 Å². The van der Waals surface area contributed by atoms with Gasteiger partial charge in [-0.15, -0.1) is 0 Å². The number of nitrogens with two attached hydrogens (primary N) is 1. The van der Waals surface area contributed by atoms with Crippen molar-refractivity contribution in [2.45, 2.75) is 6.42 Å².